The monoisotopic (exact) mass is 328 g/mol. The number of ether oxygens (including phenoxy) is 1. The molecule has 2 aliphatic carbocycles. The van der Waals surface area contributed by atoms with Gasteiger partial charge in [-0.05, 0) is 52.3 Å². The van der Waals surface area contributed by atoms with Crippen molar-refractivity contribution in [3.05, 3.63) is 94.5 Å². The molecule has 0 saturated heterocycles. The third-order valence-electron chi connectivity index (χ3n) is 5.92. The van der Waals surface area contributed by atoms with Crippen LogP contribution in [0.1, 0.15) is 39.7 Å². The molecule has 0 saturated carbocycles. The Balaban J connectivity index is 1.75. The standard InChI is InChI=1S/C23H20O2/c1-25-21-13-18-17(12-20(21)24)23-16-10-6-5-9-15(16)11-19(23)22(18)14-7-3-2-4-8-14/h2-10,12-13,19,22-24H,11H2,1H3/t19-,22+,23+/m1/s1. The lowest BCUT2D eigenvalue weighted by Crippen LogP contribution is -2.11. The van der Waals surface area contributed by atoms with Crippen LogP contribution in [0.2, 0.25) is 0 Å². The zero-order valence-corrected chi connectivity index (χ0v) is 14.1. The zero-order valence-electron chi connectivity index (χ0n) is 14.1. The van der Waals surface area contributed by atoms with E-state index in [2.05, 4.69) is 54.6 Å². The van der Waals surface area contributed by atoms with Gasteiger partial charge in [0.05, 0.1) is 7.11 Å². The zero-order chi connectivity index (χ0) is 17.0. The Morgan fingerprint density at radius 2 is 1.56 bits per heavy atom. The molecule has 1 N–H and O–H groups in total. The van der Waals surface area contributed by atoms with Crippen molar-refractivity contribution in [2.24, 2.45) is 5.92 Å². The van der Waals surface area contributed by atoms with Gasteiger partial charge in [-0.3, -0.25) is 0 Å². The van der Waals surface area contributed by atoms with Crippen molar-refractivity contribution in [2.45, 2.75) is 18.3 Å². The highest BCUT2D eigenvalue weighted by Gasteiger charge is 2.46. The van der Waals surface area contributed by atoms with E-state index < -0.39 is 0 Å². The van der Waals surface area contributed by atoms with E-state index in [0.29, 0.717) is 23.5 Å². The van der Waals surface area contributed by atoms with Crippen LogP contribution < -0.4 is 4.74 Å². The second-order valence-electron chi connectivity index (χ2n) is 7.09. The molecule has 2 heteroatoms. The van der Waals surface area contributed by atoms with Crippen molar-refractivity contribution in [1.82, 2.24) is 0 Å². The molecule has 0 spiro atoms. The van der Waals surface area contributed by atoms with Crippen LogP contribution in [-0.4, -0.2) is 12.2 Å². The van der Waals surface area contributed by atoms with Gasteiger partial charge in [0.15, 0.2) is 11.5 Å². The van der Waals surface area contributed by atoms with Gasteiger partial charge < -0.3 is 9.84 Å². The fraction of sp³-hybridized carbons (Fsp3) is 0.217. The Hall–Kier alpha value is -2.74. The van der Waals surface area contributed by atoms with Gasteiger partial charge in [0.1, 0.15) is 0 Å². The predicted octanol–water partition coefficient (Wildman–Crippen LogP) is 4.85. The highest BCUT2D eigenvalue weighted by atomic mass is 16.5. The van der Waals surface area contributed by atoms with Gasteiger partial charge >= 0.3 is 0 Å². The molecule has 0 heterocycles. The second kappa shape index (κ2) is 5.38. The highest BCUT2D eigenvalue weighted by Crippen LogP contribution is 2.59. The molecule has 0 radical (unpaired) electrons. The summed E-state index contributed by atoms with van der Waals surface area (Å²) in [5.74, 6) is 1.99. The average molecular weight is 328 g/mol. The molecule has 2 nitrogen and oxygen atoms in total. The molecule has 0 unspecified atom stereocenters. The van der Waals surface area contributed by atoms with Crippen LogP contribution in [0.3, 0.4) is 0 Å². The van der Waals surface area contributed by atoms with E-state index in [-0.39, 0.29) is 5.75 Å². The number of phenols is 1. The Morgan fingerprint density at radius 3 is 2.36 bits per heavy atom. The molecule has 3 aromatic rings. The maximum Gasteiger partial charge on any atom is 0.160 e. The first kappa shape index (κ1) is 14.6. The van der Waals surface area contributed by atoms with Crippen LogP contribution >= 0.6 is 0 Å². The van der Waals surface area contributed by atoms with Crippen molar-refractivity contribution in [3.63, 3.8) is 0 Å². The summed E-state index contributed by atoms with van der Waals surface area (Å²) in [6, 6.07) is 23.5. The van der Waals surface area contributed by atoms with E-state index >= 15 is 0 Å². The largest absolute Gasteiger partial charge is 0.504 e. The molecule has 25 heavy (non-hydrogen) atoms. The first-order valence-corrected chi connectivity index (χ1v) is 8.81. The first-order valence-electron chi connectivity index (χ1n) is 8.81. The maximum absolute atomic E-state index is 10.4. The Bertz CT molecular complexity index is 946. The van der Waals surface area contributed by atoms with Crippen LogP contribution in [0.4, 0.5) is 0 Å². The fourth-order valence-corrected chi connectivity index (χ4v) is 4.95. The van der Waals surface area contributed by atoms with Crippen molar-refractivity contribution in [3.8, 4) is 11.5 Å². The smallest absolute Gasteiger partial charge is 0.160 e. The minimum absolute atomic E-state index is 0.234. The van der Waals surface area contributed by atoms with Crippen LogP contribution in [0.15, 0.2) is 66.7 Å². The lowest BCUT2D eigenvalue weighted by Gasteiger charge is -2.20. The number of methoxy groups -OCH3 is 1. The molecule has 124 valence electrons. The number of hydrogen-bond donors (Lipinski definition) is 1. The average Bonchev–Trinajstić information content (AvgIpc) is 3.16. The molecular weight excluding hydrogens is 308 g/mol. The Kier molecular flexibility index (Phi) is 3.14. The van der Waals surface area contributed by atoms with Crippen LogP contribution in [0.25, 0.3) is 0 Å². The maximum atomic E-state index is 10.4. The minimum atomic E-state index is 0.234. The van der Waals surface area contributed by atoms with Crippen molar-refractivity contribution >= 4 is 0 Å². The van der Waals surface area contributed by atoms with Crippen molar-refractivity contribution in [2.75, 3.05) is 7.11 Å². The van der Waals surface area contributed by atoms with Gasteiger partial charge in [-0.2, -0.15) is 0 Å². The number of fused-ring (bicyclic) bond motifs is 5. The Labute approximate surface area is 147 Å². The Morgan fingerprint density at radius 1 is 0.840 bits per heavy atom. The second-order valence-corrected chi connectivity index (χ2v) is 7.09. The van der Waals surface area contributed by atoms with Crippen molar-refractivity contribution < 1.29 is 9.84 Å². The van der Waals surface area contributed by atoms with E-state index in [1.165, 1.54) is 27.8 Å². The van der Waals surface area contributed by atoms with Crippen LogP contribution in [0, 0.1) is 5.92 Å². The van der Waals surface area contributed by atoms with Gasteiger partial charge in [0.2, 0.25) is 0 Å². The summed E-state index contributed by atoms with van der Waals surface area (Å²) in [6.07, 6.45) is 1.08. The number of hydrogen-bond acceptors (Lipinski definition) is 2. The van der Waals surface area contributed by atoms with E-state index in [4.69, 9.17) is 4.74 Å². The molecule has 2 aliphatic rings. The van der Waals surface area contributed by atoms with Gasteiger partial charge in [-0.1, -0.05) is 54.6 Å². The summed E-state index contributed by atoms with van der Waals surface area (Å²) in [4.78, 5) is 0. The molecule has 0 amide bonds. The summed E-state index contributed by atoms with van der Waals surface area (Å²) in [7, 11) is 1.62. The third kappa shape index (κ3) is 2.03. The molecule has 3 atom stereocenters. The molecular formula is C23H20O2. The normalized spacial score (nSPS) is 23.0. The molecule has 0 aliphatic heterocycles. The molecule has 0 fully saturated rings. The number of phenolic OH excluding ortho intramolecular Hbond substituents is 1. The summed E-state index contributed by atoms with van der Waals surface area (Å²) >= 11 is 0. The van der Waals surface area contributed by atoms with E-state index in [9.17, 15) is 5.11 Å². The highest BCUT2D eigenvalue weighted by molar-refractivity contribution is 5.60. The molecule has 0 bridgehead atoms. The topological polar surface area (TPSA) is 29.5 Å². The number of rotatable bonds is 2. The lowest BCUT2D eigenvalue weighted by molar-refractivity contribution is 0.372. The fourth-order valence-electron chi connectivity index (χ4n) is 4.95. The summed E-state index contributed by atoms with van der Waals surface area (Å²) in [5.41, 5.74) is 6.75. The third-order valence-corrected chi connectivity index (χ3v) is 5.92. The van der Waals surface area contributed by atoms with Gasteiger partial charge in [-0.15, -0.1) is 0 Å². The van der Waals surface area contributed by atoms with Gasteiger partial charge in [0, 0.05) is 11.8 Å². The summed E-state index contributed by atoms with van der Waals surface area (Å²) in [5, 5.41) is 10.4. The minimum Gasteiger partial charge on any atom is -0.504 e. The van der Waals surface area contributed by atoms with Crippen LogP contribution in [0.5, 0.6) is 11.5 Å². The van der Waals surface area contributed by atoms with E-state index in [1.807, 2.05) is 12.1 Å². The van der Waals surface area contributed by atoms with E-state index in [0.717, 1.165) is 6.42 Å². The molecule has 5 rings (SSSR count). The van der Waals surface area contributed by atoms with Crippen LogP contribution in [-0.2, 0) is 6.42 Å². The number of aromatic hydroxyl groups is 1. The lowest BCUT2D eigenvalue weighted by atomic mass is 9.83. The SMILES string of the molecule is COc1cc2c(cc1O)[C@@H]1c3ccccc3C[C@@H]1[C@H]2c1ccccc1. The molecule has 0 aromatic heterocycles. The summed E-state index contributed by atoms with van der Waals surface area (Å²) in [6.45, 7) is 0. The quantitative estimate of drug-likeness (QED) is 0.728. The molecule has 3 aromatic carbocycles. The first-order chi connectivity index (χ1) is 12.3. The van der Waals surface area contributed by atoms with Gasteiger partial charge in [-0.25, -0.2) is 0 Å². The predicted molar refractivity (Wildman–Crippen MR) is 98.4 cm³/mol. The summed E-state index contributed by atoms with van der Waals surface area (Å²) < 4.78 is 5.40. The van der Waals surface area contributed by atoms with E-state index in [1.54, 1.807) is 7.11 Å². The van der Waals surface area contributed by atoms with Crippen molar-refractivity contribution in [1.29, 1.82) is 0 Å². The van der Waals surface area contributed by atoms with Gasteiger partial charge in [0.25, 0.3) is 0 Å². The number of benzene rings is 3.